The van der Waals surface area contributed by atoms with Crippen LogP contribution in [0.15, 0.2) is 18.2 Å². The first kappa shape index (κ1) is 12.9. The molecule has 0 radical (unpaired) electrons. The summed E-state index contributed by atoms with van der Waals surface area (Å²) < 4.78 is 15.5. The Bertz CT molecular complexity index is 440. The fourth-order valence-electron chi connectivity index (χ4n) is 1.35. The highest BCUT2D eigenvalue weighted by molar-refractivity contribution is 5.90. The monoisotopic (exact) mass is 237 g/mol. The lowest BCUT2D eigenvalue weighted by atomic mass is 10.1. The van der Waals surface area contributed by atoms with E-state index in [4.69, 9.17) is 19.9 Å². The molecule has 0 aliphatic heterocycles. The molecular formula is C12H15NO4. The Morgan fingerprint density at radius 1 is 1.06 bits per heavy atom. The topological polar surface area (TPSA) is 70.8 Å². The van der Waals surface area contributed by atoms with Crippen molar-refractivity contribution >= 4 is 12.0 Å². The molecule has 5 heteroatoms. The van der Waals surface area contributed by atoms with Gasteiger partial charge in [0, 0.05) is 17.7 Å². The van der Waals surface area contributed by atoms with E-state index in [1.165, 1.54) is 27.4 Å². The van der Waals surface area contributed by atoms with Gasteiger partial charge < -0.3 is 19.9 Å². The number of rotatable bonds is 5. The van der Waals surface area contributed by atoms with Crippen molar-refractivity contribution in [2.24, 2.45) is 5.73 Å². The molecule has 0 aliphatic carbocycles. The normalized spacial score (nSPS) is 10.3. The molecule has 1 aromatic rings. The second-order valence-electron chi connectivity index (χ2n) is 3.18. The molecule has 1 amide bonds. The molecule has 0 aliphatic rings. The third-order valence-corrected chi connectivity index (χ3v) is 2.16. The van der Waals surface area contributed by atoms with E-state index in [-0.39, 0.29) is 0 Å². The van der Waals surface area contributed by atoms with Gasteiger partial charge in [-0.2, -0.15) is 0 Å². The van der Waals surface area contributed by atoms with Crippen molar-refractivity contribution in [3.63, 3.8) is 0 Å². The van der Waals surface area contributed by atoms with Gasteiger partial charge in [0.1, 0.15) is 5.75 Å². The molecule has 1 rings (SSSR count). The van der Waals surface area contributed by atoms with Crippen molar-refractivity contribution in [2.45, 2.75) is 0 Å². The number of hydrogen-bond donors (Lipinski definition) is 1. The summed E-state index contributed by atoms with van der Waals surface area (Å²) in [6, 6.07) is 3.39. The lowest BCUT2D eigenvalue weighted by Crippen LogP contribution is -2.05. The molecule has 0 atom stereocenters. The molecule has 1 aromatic carbocycles. The van der Waals surface area contributed by atoms with Crippen LogP contribution < -0.4 is 19.9 Å². The molecule has 0 fully saturated rings. The quantitative estimate of drug-likeness (QED) is 0.781. The number of carbonyl (C=O) groups excluding carboxylic acids is 1. The molecule has 2 N–H and O–H groups in total. The van der Waals surface area contributed by atoms with Crippen LogP contribution in [-0.2, 0) is 4.79 Å². The van der Waals surface area contributed by atoms with Crippen LogP contribution in [0, 0.1) is 0 Å². The van der Waals surface area contributed by atoms with Crippen LogP contribution in [-0.4, -0.2) is 27.2 Å². The first-order chi connectivity index (χ1) is 8.12. The standard InChI is InChI=1S/C12H15NO4/c1-15-9-7-11(17-3)10(16-2)6-8(9)4-5-12(13)14/h4-7H,1-3H3,(H2,13,14)/b5-4+. The molecule has 0 bridgehead atoms. The number of amides is 1. The van der Waals surface area contributed by atoms with E-state index in [0.29, 0.717) is 22.8 Å². The Hall–Kier alpha value is -2.17. The minimum absolute atomic E-state index is 0.526. The average molecular weight is 237 g/mol. The van der Waals surface area contributed by atoms with Crippen LogP contribution in [0.25, 0.3) is 6.08 Å². The number of nitrogens with two attached hydrogens (primary N) is 1. The largest absolute Gasteiger partial charge is 0.496 e. The predicted octanol–water partition coefficient (Wildman–Crippen LogP) is 1.21. The SMILES string of the molecule is COc1cc(OC)c(OC)cc1/C=C/C(N)=O. The molecule has 0 heterocycles. The van der Waals surface area contributed by atoms with Gasteiger partial charge in [0.2, 0.25) is 5.91 Å². The summed E-state index contributed by atoms with van der Waals surface area (Å²) in [5.74, 6) is 1.15. The zero-order valence-electron chi connectivity index (χ0n) is 10.0. The third kappa shape index (κ3) is 3.14. The van der Waals surface area contributed by atoms with E-state index in [2.05, 4.69) is 0 Å². The van der Waals surface area contributed by atoms with Gasteiger partial charge in [-0.05, 0) is 12.1 Å². The summed E-state index contributed by atoms with van der Waals surface area (Å²) in [6.45, 7) is 0. The van der Waals surface area contributed by atoms with Gasteiger partial charge in [0.15, 0.2) is 11.5 Å². The molecule has 0 saturated carbocycles. The van der Waals surface area contributed by atoms with E-state index < -0.39 is 5.91 Å². The van der Waals surface area contributed by atoms with Crippen molar-refractivity contribution in [3.05, 3.63) is 23.8 Å². The van der Waals surface area contributed by atoms with Crippen molar-refractivity contribution < 1.29 is 19.0 Å². The van der Waals surface area contributed by atoms with Crippen LogP contribution >= 0.6 is 0 Å². The third-order valence-electron chi connectivity index (χ3n) is 2.16. The number of ether oxygens (including phenoxy) is 3. The zero-order chi connectivity index (χ0) is 12.8. The Labute approximate surface area is 99.8 Å². The first-order valence-corrected chi connectivity index (χ1v) is 4.90. The molecule has 0 unspecified atom stereocenters. The minimum atomic E-state index is -0.526. The Kier molecular flexibility index (Phi) is 4.39. The fraction of sp³-hybridized carbons (Fsp3) is 0.250. The van der Waals surface area contributed by atoms with Gasteiger partial charge >= 0.3 is 0 Å². The summed E-state index contributed by atoms with van der Waals surface area (Å²) in [4.78, 5) is 10.7. The number of hydrogen-bond acceptors (Lipinski definition) is 4. The number of carbonyl (C=O) groups is 1. The Morgan fingerprint density at radius 2 is 1.59 bits per heavy atom. The molecular weight excluding hydrogens is 222 g/mol. The summed E-state index contributed by atoms with van der Waals surface area (Å²) in [6.07, 6.45) is 2.81. The highest BCUT2D eigenvalue weighted by atomic mass is 16.5. The van der Waals surface area contributed by atoms with Crippen molar-refractivity contribution in [2.75, 3.05) is 21.3 Å². The van der Waals surface area contributed by atoms with Gasteiger partial charge in [0.05, 0.1) is 21.3 Å². The Morgan fingerprint density at radius 3 is 2.06 bits per heavy atom. The van der Waals surface area contributed by atoms with Gasteiger partial charge in [-0.3, -0.25) is 4.79 Å². The molecule has 92 valence electrons. The average Bonchev–Trinajstić information content (AvgIpc) is 2.34. The highest BCUT2D eigenvalue weighted by Gasteiger charge is 2.09. The van der Waals surface area contributed by atoms with Crippen LogP contribution in [0.2, 0.25) is 0 Å². The van der Waals surface area contributed by atoms with E-state index >= 15 is 0 Å². The van der Waals surface area contributed by atoms with Crippen molar-refractivity contribution in [1.82, 2.24) is 0 Å². The van der Waals surface area contributed by atoms with Gasteiger partial charge in [-0.25, -0.2) is 0 Å². The van der Waals surface area contributed by atoms with Crippen molar-refractivity contribution in [3.8, 4) is 17.2 Å². The molecule has 0 spiro atoms. The lowest BCUT2D eigenvalue weighted by Gasteiger charge is -2.11. The zero-order valence-corrected chi connectivity index (χ0v) is 10.0. The number of methoxy groups -OCH3 is 3. The predicted molar refractivity (Wildman–Crippen MR) is 64.3 cm³/mol. The minimum Gasteiger partial charge on any atom is -0.496 e. The summed E-state index contributed by atoms with van der Waals surface area (Å²) in [5.41, 5.74) is 5.72. The van der Waals surface area contributed by atoms with Gasteiger partial charge in [-0.1, -0.05) is 0 Å². The first-order valence-electron chi connectivity index (χ1n) is 4.90. The highest BCUT2D eigenvalue weighted by Crippen LogP contribution is 2.35. The van der Waals surface area contributed by atoms with Crippen LogP contribution in [0.3, 0.4) is 0 Å². The van der Waals surface area contributed by atoms with E-state index in [1.54, 1.807) is 18.2 Å². The Balaban J connectivity index is 3.23. The second-order valence-corrected chi connectivity index (χ2v) is 3.18. The fourth-order valence-corrected chi connectivity index (χ4v) is 1.35. The maximum Gasteiger partial charge on any atom is 0.241 e. The van der Waals surface area contributed by atoms with Gasteiger partial charge in [-0.15, -0.1) is 0 Å². The maximum atomic E-state index is 10.7. The van der Waals surface area contributed by atoms with E-state index in [0.717, 1.165) is 0 Å². The van der Waals surface area contributed by atoms with Crippen LogP contribution in [0.4, 0.5) is 0 Å². The molecule has 0 saturated heterocycles. The van der Waals surface area contributed by atoms with Gasteiger partial charge in [0.25, 0.3) is 0 Å². The smallest absolute Gasteiger partial charge is 0.241 e. The van der Waals surface area contributed by atoms with E-state index in [1.807, 2.05) is 0 Å². The molecule has 0 aromatic heterocycles. The summed E-state index contributed by atoms with van der Waals surface area (Å²) in [7, 11) is 4.60. The van der Waals surface area contributed by atoms with Crippen LogP contribution in [0.5, 0.6) is 17.2 Å². The van der Waals surface area contributed by atoms with E-state index in [9.17, 15) is 4.79 Å². The molecule has 17 heavy (non-hydrogen) atoms. The summed E-state index contributed by atoms with van der Waals surface area (Å²) >= 11 is 0. The lowest BCUT2D eigenvalue weighted by molar-refractivity contribution is -0.113. The maximum absolute atomic E-state index is 10.7. The molecule has 5 nitrogen and oxygen atoms in total. The number of benzene rings is 1. The summed E-state index contributed by atoms with van der Waals surface area (Å²) in [5, 5.41) is 0. The second kappa shape index (κ2) is 5.79. The number of primary amides is 1. The van der Waals surface area contributed by atoms with Crippen LogP contribution in [0.1, 0.15) is 5.56 Å². The van der Waals surface area contributed by atoms with Crippen molar-refractivity contribution in [1.29, 1.82) is 0 Å².